The van der Waals surface area contributed by atoms with Crippen molar-refractivity contribution in [2.45, 2.75) is 63.5 Å². The molecule has 1 aliphatic heterocycles. The maximum absolute atomic E-state index is 13.7. The molecule has 1 aromatic heterocycles. The van der Waals surface area contributed by atoms with Gasteiger partial charge in [-0.15, -0.1) is 10.2 Å². The first-order valence-corrected chi connectivity index (χ1v) is 15.9. The van der Waals surface area contributed by atoms with Gasteiger partial charge in [-0.2, -0.15) is 11.8 Å². The molecular weight excluding hydrogens is 485 g/mol. The number of nitrogens with zero attached hydrogens (tertiary/aromatic N) is 3. The molecule has 0 fully saturated rings. The number of benzene rings is 2. The van der Waals surface area contributed by atoms with Crippen LogP contribution in [0.15, 0.2) is 42.5 Å². The van der Waals surface area contributed by atoms with Gasteiger partial charge in [0.2, 0.25) is 0 Å². The summed E-state index contributed by atoms with van der Waals surface area (Å²) in [5.74, 6) is 2.43. The molecule has 1 unspecified atom stereocenters. The summed E-state index contributed by atoms with van der Waals surface area (Å²) in [5, 5.41) is 9.85. The van der Waals surface area contributed by atoms with E-state index in [9.17, 15) is 4.39 Å². The zero-order valence-electron chi connectivity index (χ0n) is 20.8. The molecule has 0 saturated carbocycles. The van der Waals surface area contributed by atoms with Crippen molar-refractivity contribution in [3.05, 3.63) is 59.1 Å². The van der Waals surface area contributed by atoms with Crippen molar-refractivity contribution < 1.29 is 8.82 Å². The Kier molecular flexibility index (Phi) is 7.04. The lowest BCUT2D eigenvalue weighted by molar-refractivity contribution is 0.252. The van der Waals surface area contributed by atoms with E-state index in [4.69, 9.17) is 16.0 Å². The van der Waals surface area contributed by atoms with Crippen LogP contribution in [-0.2, 0) is 17.4 Å². The smallest absolute Gasteiger partial charge is 0.192 e. The van der Waals surface area contributed by atoms with Gasteiger partial charge in [-0.3, -0.25) is 0 Å². The Morgan fingerprint density at radius 2 is 1.88 bits per heavy atom. The van der Waals surface area contributed by atoms with Gasteiger partial charge >= 0.3 is 0 Å². The molecule has 0 saturated heterocycles. The summed E-state index contributed by atoms with van der Waals surface area (Å²) in [6.07, 6.45) is 0.790. The summed E-state index contributed by atoms with van der Waals surface area (Å²) in [6, 6.07) is 12.3. The molecule has 1 atom stereocenters. The quantitative estimate of drug-likeness (QED) is 0.329. The molecule has 0 radical (unpaired) electrons. The van der Waals surface area contributed by atoms with E-state index in [-0.39, 0.29) is 15.6 Å². The lowest BCUT2D eigenvalue weighted by atomic mass is 10.0. The minimum atomic E-state index is -1.83. The van der Waals surface area contributed by atoms with Crippen LogP contribution in [0.3, 0.4) is 0 Å². The van der Waals surface area contributed by atoms with E-state index in [0.717, 1.165) is 47.1 Å². The third-order valence-corrected chi connectivity index (χ3v) is 13.2. The summed E-state index contributed by atoms with van der Waals surface area (Å²) >= 11 is 8.65. The van der Waals surface area contributed by atoms with Gasteiger partial charge in [0, 0.05) is 35.6 Å². The largest absolute Gasteiger partial charge is 0.415 e. The molecule has 0 bridgehead atoms. The van der Waals surface area contributed by atoms with Crippen molar-refractivity contribution in [3.63, 3.8) is 0 Å². The normalized spacial score (nSPS) is 19.1. The van der Waals surface area contributed by atoms with Crippen molar-refractivity contribution in [3.8, 4) is 22.5 Å². The zero-order valence-corrected chi connectivity index (χ0v) is 23.4. The number of thioether (sulfide) groups is 1. The fourth-order valence-corrected chi connectivity index (χ4v) is 6.48. The minimum absolute atomic E-state index is 0.0564. The van der Waals surface area contributed by atoms with Gasteiger partial charge in [-0.25, -0.2) is 4.39 Å². The van der Waals surface area contributed by atoms with Crippen molar-refractivity contribution >= 4 is 31.7 Å². The average Bonchev–Trinajstić information content (AvgIpc) is 3.04. The van der Waals surface area contributed by atoms with Gasteiger partial charge in [-0.05, 0) is 60.4 Å². The fourth-order valence-electron chi connectivity index (χ4n) is 3.86. The highest BCUT2D eigenvalue weighted by atomic mass is 35.5. The minimum Gasteiger partial charge on any atom is -0.415 e. The van der Waals surface area contributed by atoms with Crippen LogP contribution in [0.1, 0.15) is 33.5 Å². The van der Waals surface area contributed by atoms with Gasteiger partial charge in [0.15, 0.2) is 14.1 Å². The Labute approximate surface area is 212 Å². The average molecular weight is 518 g/mol. The standard InChI is InChI=1S/C26H33ClFN3OSSi/c1-25(2,3)34(5,6)32-17-26(4)16-23-29-30-24(31(23)12-13-33-26)21-11-10-19(15-22(21)27)18-8-7-9-20(28)14-18/h7-11,14-15H,12-13,16-17H2,1-6H3. The Morgan fingerprint density at radius 3 is 2.56 bits per heavy atom. The molecule has 182 valence electrons. The number of hydrogen-bond donors (Lipinski definition) is 0. The Bertz CT molecular complexity index is 1190. The van der Waals surface area contributed by atoms with Crippen LogP contribution in [0.5, 0.6) is 0 Å². The molecule has 0 amide bonds. The van der Waals surface area contributed by atoms with Crippen LogP contribution in [-0.4, -0.2) is 40.2 Å². The van der Waals surface area contributed by atoms with E-state index in [1.807, 2.05) is 36.0 Å². The number of rotatable bonds is 5. The van der Waals surface area contributed by atoms with Gasteiger partial charge in [-0.1, -0.05) is 50.6 Å². The summed E-state index contributed by atoms with van der Waals surface area (Å²) in [4.78, 5) is 0. The molecule has 3 aromatic rings. The molecule has 4 rings (SSSR count). The zero-order chi connectivity index (χ0) is 24.7. The van der Waals surface area contributed by atoms with Crippen LogP contribution in [0.4, 0.5) is 4.39 Å². The highest BCUT2D eigenvalue weighted by Crippen LogP contribution is 2.40. The summed E-state index contributed by atoms with van der Waals surface area (Å²) in [7, 11) is -1.83. The highest BCUT2D eigenvalue weighted by molar-refractivity contribution is 8.00. The van der Waals surface area contributed by atoms with E-state index < -0.39 is 8.32 Å². The van der Waals surface area contributed by atoms with E-state index in [0.29, 0.717) is 11.6 Å². The molecule has 4 nitrogen and oxygen atoms in total. The number of hydrogen-bond acceptors (Lipinski definition) is 4. The molecule has 1 aliphatic rings. The first-order valence-electron chi connectivity index (χ1n) is 11.6. The van der Waals surface area contributed by atoms with Gasteiger partial charge in [0.25, 0.3) is 0 Å². The number of halogens is 2. The van der Waals surface area contributed by atoms with Gasteiger partial charge in [0.05, 0.1) is 5.02 Å². The maximum atomic E-state index is 13.7. The van der Waals surface area contributed by atoms with Gasteiger partial charge < -0.3 is 8.99 Å². The van der Waals surface area contributed by atoms with Crippen LogP contribution in [0.25, 0.3) is 22.5 Å². The monoisotopic (exact) mass is 517 g/mol. The summed E-state index contributed by atoms with van der Waals surface area (Å²) in [6.45, 7) is 15.2. The van der Waals surface area contributed by atoms with Crippen molar-refractivity contribution in [1.29, 1.82) is 0 Å². The van der Waals surface area contributed by atoms with Crippen molar-refractivity contribution in [1.82, 2.24) is 14.8 Å². The lowest BCUT2D eigenvalue weighted by Gasteiger charge is -2.39. The molecule has 0 spiro atoms. The predicted octanol–water partition coefficient (Wildman–Crippen LogP) is 7.47. The van der Waals surface area contributed by atoms with E-state index in [1.54, 1.807) is 6.07 Å². The van der Waals surface area contributed by atoms with Crippen molar-refractivity contribution in [2.75, 3.05) is 12.4 Å². The SMILES string of the molecule is CC1(CO[Si](C)(C)C(C)(C)C)Cc2nnc(-c3ccc(-c4cccc(F)c4)cc3Cl)n2CCS1. The lowest BCUT2D eigenvalue weighted by Crippen LogP contribution is -2.45. The van der Waals surface area contributed by atoms with Crippen molar-refractivity contribution in [2.24, 2.45) is 0 Å². The molecule has 0 aliphatic carbocycles. The molecule has 34 heavy (non-hydrogen) atoms. The van der Waals surface area contributed by atoms with Gasteiger partial charge in [0.1, 0.15) is 11.6 Å². The van der Waals surface area contributed by atoms with E-state index in [2.05, 4.69) is 55.6 Å². The second kappa shape index (κ2) is 9.41. The second-order valence-corrected chi connectivity index (χ2v) is 17.7. The third kappa shape index (κ3) is 5.27. The maximum Gasteiger partial charge on any atom is 0.192 e. The van der Waals surface area contributed by atoms with Crippen LogP contribution < -0.4 is 0 Å². The molecular formula is C26H33ClFN3OSSi. The fraction of sp³-hybridized carbons (Fsp3) is 0.462. The van der Waals surface area contributed by atoms with Crippen LogP contribution in [0, 0.1) is 5.82 Å². The summed E-state index contributed by atoms with van der Waals surface area (Å²) < 4.78 is 22.4. The van der Waals surface area contributed by atoms with E-state index >= 15 is 0 Å². The summed E-state index contributed by atoms with van der Waals surface area (Å²) in [5.41, 5.74) is 2.50. The second-order valence-electron chi connectivity index (χ2n) is 10.8. The number of fused-ring (bicyclic) bond motifs is 1. The topological polar surface area (TPSA) is 39.9 Å². The Hall–Kier alpha value is -1.67. The van der Waals surface area contributed by atoms with E-state index in [1.165, 1.54) is 12.1 Å². The first-order chi connectivity index (χ1) is 15.9. The predicted molar refractivity (Wildman–Crippen MR) is 144 cm³/mol. The molecule has 2 aromatic carbocycles. The first kappa shape index (κ1) is 25.4. The number of aromatic nitrogens is 3. The Balaban J connectivity index is 1.58. The molecule has 8 heteroatoms. The molecule has 2 heterocycles. The highest BCUT2D eigenvalue weighted by Gasteiger charge is 2.40. The third-order valence-electron chi connectivity index (χ3n) is 7.04. The molecule has 0 N–H and O–H groups in total. The van der Waals surface area contributed by atoms with Crippen LogP contribution >= 0.6 is 23.4 Å². The van der Waals surface area contributed by atoms with Crippen LogP contribution in [0.2, 0.25) is 23.2 Å². The Morgan fingerprint density at radius 1 is 1.15 bits per heavy atom.